The number of nitrogens with one attached hydrogen (secondary N) is 2. The lowest BCUT2D eigenvalue weighted by atomic mass is 10.2. The zero-order chi connectivity index (χ0) is 21.8. The average molecular weight is 443 g/mol. The quantitative estimate of drug-likeness (QED) is 0.675. The maximum Gasteiger partial charge on any atom is 0.265 e. The Morgan fingerprint density at radius 2 is 1.55 bits per heavy atom. The number of methoxy groups -OCH3 is 3. The third-order valence-corrected chi connectivity index (χ3v) is 5.60. The van der Waals surface area contributed by atoms with E-state index in [-0.39, 0.29) is 10.6 Å². The van der Waals surface area contributed by atoms with E-state index in [9.17, 15) is 18.0 Å². The molecule has 2 rings (SSSR count). The topological polar surface area (TPSA) is 120 Å². The van der Waals surface area contributed by atoms with Crippen molar-refractivity contribution in [3.8, 4) is 17.2 Å². The maximum absolute atomic E-state index is 12.6. The van der Waals surface area contributed by atoms with Crippen molar-refractivity contribution < 1.29 is 32.2 Å². The summed E-state index contributed by atoms with van der Waals surface area (Å²) in [4.78, 5) is 23.4. The lowest BCUT2D eigenvalue weighted by molar-refractivity contribution is -0.117. The highest BCUT2D eigenvalue weighted by atomic mass is 35.5. The molecule has 9 nitrogen and oxygen atoms in total. The van der Waals surface area contributed by atoms with Crippen molar-refractivity contribution in [1.82, 2.24) is 4.72 Å². The van der Waals surface area contributed by atoms with E-state index in [2.05, 4.69) is 5.32 Å². The van der Waals surface area contributed by atoms with Crippen LogP contribution in [0.1, 0.15) is 17.3 Å². The molecule has 29 heavy (non-hydrogen) atoms. The molecule has 2 amide bonds. The van der Waals surface area contributed by atoms with E-state index in [1.807, 2.05) is 0 Å². The molecule has 2 aromatic rings. The van der Waals surface area contributed by atoms with Gasteiger partial charge in [-0.15, -0.1) is 0 Å². The number of carbonyl (C=O) groups is 2. The van der Waals surface area contributed by atoms with E-state index in [0.717, 1.165) is 13.0 Å². The Morgan fingerprint density at radius 1 is 0.966 bits per heavy atom. The normalized spacial score (nSPS) is 10.8. The lowest BCUT2D eigenvalue weighted by Gasteiger charge is -2.15. The van der Waals surface area contributed by atoms with Gasteiger partial charge in [0.1, 0.15) is 4.90 Å². The Hall–Kier alpha value is -2.98. The molecule has 0 aliphatic carbocycles. The first-order chi connectivity index (χ1) is 13.6. The Morgan fingerprint density at radius 3 is 2.03 bits per heavy atom. The summed E-state index contributed by atoms with van der Waals surface area (Å²) < 4.78 is 42.0. The minimum absolute atomic E-state index is 0.00655. The van der Waals surface area contributed by atoms with Gasteiger partial charge in [-0.25, -0.2) is 13.1 Å². The van der Waals surface area contributed by atoms with Crippen LogP contribution in [0, 0.1) is 0 Å². The molecule has 156 valence electrons. The van der Waals surface area contributed by atoms with Crippen LogP contribution in [0.15, 0.2) is 35.2 Å². The van der Waals surface area contributed by atoms with Crippen LogP contribution >= 0.6 is 11.6 Å². The minimum atomic E-state index is -4.22. The van der Waals surface area contributed by atoms with Gasteiger partial charge in [-0.2, -0.15) is 0 Å². The Bertz CT molecular complexity index is 1030. The van der Waals surface area contributed by atoms with Crippen LogP contribution in [0.3, 0.4) is 0 Å². The molecule has 0 unspecified atom stereocenters. The van der Waals surface area contributed by atoms with Crippen molar-refractivity contribution in [1.29, 1.82) is 0 Å². The van der Waals surface area contributed by atoms with Crippen molar-refractivity contribution in [3.05, 3.63) is 40.9 Å². The molecule has 2 aromatic carbocycles. The number of benzene rings is 2. The number of rotatable bonds is 7. The number of sulfonamides is 1. The van der Waals surface area contributed by atoms with Gasteiger partial charge in [0, 0.05) is 30.3 Å². The molecule has 0 aliphatic rings. The van der Waals surface area contributed by atoms with Crippen LogP contribution in [-0.2, 0) is 14.8 Å². The van der Waals surface area contributed by atoms with E-state index < -0.39 is 26.7 Å². The summed E-state index contributed by atoms with van der Waals surface area (Å²) in [5, 5.41) is 2.48. The average Bonchev–Trinajstić information content (AvgIpc) is 2.66. The molecule has 0 fully saturated rings. The van der Waals surface area contributed by atoms with Crippen molar-refractivity contribution in [2.75, 3.05) is 26.6 Å². The molecule has 0 saturated heterocycles. The molecule has 0 heterocycles. The molecular formula is C18H19ClN2O7S. The van der Waals surface area contributed by atoms with Crippen molar-refractivity contribution >= 4 is 39.1 Å². The minimum Gasteiger partial charge on any atom is -0.493 e. The Kier molecular flexibility index (Phi) is 6.93. The first kappa shape index (κ1) is 22.3. The summed E-state index contributed by atoms with van der Waals surface area (Å²) in [6.07, 6.45) is 0. The second-order valence-electron chi connectivity index (χ2n) is 5.68. The number of halogens is 1. The van der Waals surface area contributed by atoms with E-state index >= 15 is 0 Å². The Balaban J connectivity index is 2.40. The smallest absolute Gasteiger partial charge is 0.265 e. The zero-order valence-electron chi connectivity index (χ0n) is 16.0. The monoisotopic (exact) mass is 442 g/mol. The molecule has 0 aliphatic heterocycles. The number of hydrogen-bond acceptors (Lipinski definition) is 7. The van der Waals surface area contributed by atoms with Gasteiger partial charge < -0.3 is 19.5 Å². The fraction of sp³-hybridized carbons (Fsp3) is 0.222. The first-order valence-electron chi connectivity index (χ1n) is 8.07. The summed E-state index contributed by atoms with van der Waals surface area (Å²) >= 11 is 5.93. The second-order valence-corrected chi connectivity index (χ2v) is 7.73. The highest BCUT2D eigenvalue weighted by Crippen LogP contribution is 2.40. The van der Waals surface area contributed by atoms with Crippen LogP contribution in [0.4, 0.5) is 5.69 Å². The zero-order valence-corrected chi connectivity index (χ0v) is 17.6. The van der Waals surface area contributed by atoms with Gasteiger partial charge in [0.2, 0.25) is 11.7 Å². The lowest BCUT2D eigenvalue weighted by Crippen LogP contribution is -2.28. The van der Waals surface area contributed by atoms with E-state index in [4.69, 9.17) is 25.8 Å². The number of carbonyl (C=O) groups excluding carboxylic acids is 2. The number of ether oxygens (including phenoxy) is 3. The highest BCUT2D eigenvalue weighted by Gasteiger charge is 2.22. The van der Waals surface area contributed by atoms with Gasteiger partial charge >= 0.3 is 0 Å². The maximum atomic E-state index is 12.6. The second kappa shape index (κ2) is 9.01. The Labute approximate surface area is 173 Å². The van der Waals surface area contributed by atoms with Gasteiger partial charge in [-0.05, 0) is 18.2 Å². The van der Waals surface area contributed by atoms with Crippen molar-refractivity contribution in [3.63, 3.8) is 0 Å². The predicted molar refractivity (Wildman–Crippen MR) is 107 cm³/mol. The highest BCUT2D eigenvalue weighted by molar-refractivity contribution is 7.90. The third kappa shape index (κ3) is 5.09. The molecule has 0 radical (unpaired) electrons. The summed E-state index contributed by atoms with van der Waals surface area (Å²) in [6, 6.07) is 6.71. The van der Waals surface area contributed by atoms with E-state index in [1.165, 1.54) is 45.6 Å². The molecule has 2 N–H and O–H groups in total. The van der Waals surface area contributed by atoms with Gasteiger partial charge in [0.15, 0.2) is 11.5 Å². The van der Waals surface area contributed by atoms with Crippen LogP contribution in [0.25, 0.3) is 0 Å². The van der Waals surface area contributed by atoms with Crippen molar-refractivity contribution in [2.45, 2.75) is 11.8 Å². The number of anilines is 1. The molecule has 0 aromatic heterocycles. The summed E-state index contributed by atoms with van der Waals surface area (Å²) in [5.41, 5.74) is 0.331. The molecule has 11 heteroatoms. The fourth-order valence-electron chi connectivity index (χ4n) is 2.45. The largest absolute Gasteiger partial charge is 0.493 e. The predicted octanol–water partition coefficient (Wildman–Crippen LogP) is 2.44. The molecular weight excluding hydrogens is 424 g/mol. The van der Waals surface area contributed by atoms with Crippen LogP contribution < -0.4 is 24.2 Å². The standard InChI is InChI=1S/C18H19ClN2O7S/c1-10(22)21-29(24,25)16-7-11(5-6-13(16)19)18(23)20-12-8-14(26-2)17(28-4)15(9-12)27-3/h5-9H,1-4H3,(H,20,23)(H,21,22). The molecule has 0 spiro atoms. The molecule has 0 atom stereocenters. The van der Waals surface area contributed by atoms with Crippen LogP contribution in [0.5, 0.6) is 17.2 Å². The summed E-state index contributed by atoms with van der Waals surface area (Å²) in [5.74, 6) is -0.397. The van der Waals surface area contributed by atoms with Gasteiger partial charge in [0.25, 0.3) is 15.9 Å². The summed E-state index contributed by atoms with van der Waals surface area (Å²) in [6.45, 7) is 1.05. The number of hydrogen-bond donors (Lipinski definition) is 2. The van der Waals surface area contributed by atoms with Crippen molar-refractivity contribution in [2.24, 2.45) is 0 Å². The number of amides is 2. The van der Waals surface area contributed by atoms with Gasteiger partial charge in [0.05, 0.1) is 26.4 Å². The SMILES string of the molecule is COc1cc(NC(=O)c2ccc(Cl)c(S(=O)(=O)NC(C)=O)c2)cc(OC)c1OC. The fourth-order valence-corrected chi connectivity index (χ4v) is 3.97. The molecule has 0 bridgehead atoms. The van der Waals surface area contributed by atoms with E-state index in [1.54, 1.807) is 4.72 Å². The van der Waals surface area contributed by atoms with Gasteiger partial charge in [-0.1, -0.05) is 11.6 Å². The third-order valence-electron chi connectivity index (χ3n) is 3.68. The molecule has 0 saturated carbocycles. The van der Waals surface area contributed by atoms with Gasteiger partial charge in [-0.3, -0.25) is 9.59 Å². The van der Waals surface area contributed by atoms with Crippen LogP contribution in [0.2, 0.25) is 5.02 Å². The summed E-state index contributed by atoms with van der Waals surface area (Å²) in [7, 11) is 0.0939. The van der Waals surface area contributed by atoms with Crippen LogP contribution in [-0.4, -0.2) is 41.6 Å². The van der Waals surface area contributed by atoms with E-state index in [0.29, 0.717) is 22.9 Å². The first-order valence-corrected chi connectivity index (χ1v) is 9.93.